The standard InChI is InChI=1S/C20H26N2O4/c1-24-14-16-11-15(7-8-18(16)25-2)12-21-17-5-3-9-22(13-17)20(23)19-6-4-10-26-19/h4,6-8,10-11,17,21H,3,5,9,12-14H2,1-2H3. The third-order valence-corrected chi connectivity index (χ3v) is 4.68. The van der Waals surface area contributed by atoms with Gasteiger partial charge in [0.1, 0.15) is 5.75 Å². The summed E-state index contributed by atoms with van der Waals surface area (Å²) in [4.78, 5) is 14.3. The molecule has 0 radical (unpaired) electrons. The van der Waals surface area contributed by atoms with E-state index >= 15 is 0 Å². The summed E-state index contributed by atoms with van der Waals surface area (Å²) in [6, 6.07) is 9.86. The first-order chi connectivity index (χ1) is 12.7. The van der Waals surface area contributed by atoms with E-state index < -0.39 is 0 Å². The van der Waals surface area contributed by atoms with Crippen LogP contribution in [0, 0.1) is 0 Å². The van der Waals surface area contributed by atoms with Gasteiger partial charge in [-0.2, -0.15) is 0 Å². The number of likely N-dealkylation sites (tertiary alicyclic amines) is 1. The lowest BCUT2D eigenvalue weighted by Crippen LogP contribution is -2.47. The molecule has 1 amide bonds. The normalized spacial score (nSPS) is 17.3. The Kier molecular flexibility index (Phi) is 6.30. The number of hydrogen-bond acceptors (Lipinski definition) is 5. The first-order valence-corrected chi connectivity index (χ1v) is 8.92. The maximum absolute atomic E-state index is 12.4. The van der Waals surface area contributed by atoms with E-state index in [0.717, 1.165) is 37.2 Å². The molecule has 1 aliphatic rings. The largest absolute Gasteiger partial charge is 0.496 e. The van der Waals surface area contributed by atoms with Gasteiger partial charge in [-0.05, 0) is 42.7 Å². The molecule has 2 aromatic rings. The summed E-state index contributed by atoms with van der Waals surface area (Å²) < 4.78 is 15.8. The zero-order chi connectivity index (χ0) is 18.4. The van der Waals surface area contributed by atoms with Gasteiger partial charge in [-0.15, -0.1) is 0 Å². The summed E-state index contributed by atoms with van der Waals surface area (Å²) in [7, 11) is 3.34. The topological polar surface area (TPSA) is 63.9 Å². The minimum absolute atomic E-state index is 0.0340. The molecule has 1 aromatic carbocycles. The predicted octanol–water partition coefficient (Wildman–Crippen LogP) is 2.83. The lowest BCUT2D eigenvalue weighted by molar-refractivity contribution is 0.0662. The SMILES string of the molecule is COCc1cc(CNC2CCCN(C(=O)c3ccco3)C2)ccc1OC. The van der Waals surface area contributed by atoms with Gasteiger partial charge < -0.3 is 24.1 Å². The van der Waals surface area contributed by atoms with Crippen molar-refractivity contribution in [3.05, 3.63) is 53.5 Å². The van der Waals surface area contributed by atoms with Gasteiger partial charge in [-0.3, -0.25) is 4.79 Å². The summed E-state index contributed by atoms with van der Waals surface area (Å²) in [6.45, 7) is 2.73. The molecule has 1 atom stereocenters. The number of piperidine rings is 1. The fourth-order valence-corrected chi connectivity index (χ4v) is 3.36. The number of benzene rings is 1. The molecule has 26 heavy (non-hydrogen) atoms. The van der Waals surface area contributed by atoms with Crippen molar-refractivity contribution < 1.29 is 18.7 Å². The minimum Gasteiger partial charge on any atom is -0.496 e. The van der Waals surface area contributed by atoms with Crippen LogP contribution < -0.4 is 10.1 Å². The Labute approximate surface area is 154 Å². The number of carbonyl (C=O) groups is 1. The van der Waals surface area contributed by atoms with Crippen molar-refractivity contribution in [2.45, 2.75) is 32.0 Å². The number of ether oxygens (including phenoxy) is 2. The molecule has 1 unspecified atom stereocenters. The Morgan fingerprint density at radius 3 is 2.96 bits per heavy atom. The lowest BCUT2D eigenvalue weighted by atomic mass is 10.0. The van der Waals surface area contributed by atoms with Gasteiger partial charge in [-0.25, -0.2) is 0 Å². The van der Waals surface area contributed by atoms with E-state index in [-0.39, 0.29) is 11.9 Å². The molecule has 0 bridgehead atoms. The number of methoxy groups -OCH3 is 2. The molecule has 0 aliphatic carbocycles. The Hall–Kier alpha value is -2.31. The van der Waals surface area contributed by atoms with Crippen LogP contribution in [0.4, 0.5) is 0 Å². The summed E-state index contributed by atoms with van der Waals surface area (Å²) in [5, 5.41) is 3.57. The molecule has 1 fully saturated rings. The summed E-state index contributed by atoms with van der Waals surface area (Å²) in [6.07, 6.45) is 3.58. The average Bonchev–Trinajstić information content (AvgIpc) is 3.21. The highest BCUT2D eigenvalue weighted by Crippen LogP contribution is 2.21. The Morgan fingerprint density at radius 1 is 1.35 bits per heavy atom. The van der Waals surface area contributed by atoms with Gasteiger partial charge in [0, 0.05) is 38.3 Å². The third-order valence-electron chi connectivity index (χ3n) is 4.68. The van der Waals surface area contributed by atoms with E-state index in [1.54, 1.807) is 26.4 Å². The first-order valence-electron chi connectivity index (χ1n) is 8.92. The van der Waals surface area contributed by atoms with Crippen molar-refractivity contribution in [2.24, 2.45) is 0 Å². The highest BCUT2D eigenvalue weighted by atomic mass is 16.5. The third kappa shape index (κ3) is 4.45. The van der Waals surface area contributed by atoms with Crippen LogP contribution in [-0.2, 0) is 17.9 Å². The van der Waals surface area contributed by atoms with Crippen molar-refractivity contribution in [3.8, 4) is 5.75 Å². The molecule has 1 aromatic heterocycles. The zero-order valence-corrected chi connectivity index (χ0v) is 15.4. The van der Waals surface area contributed by atoms with Crippen LogP contribution in [0.1, 0.15) is 34.5 Å². The second kappa shape index (κ2) is 8.87. The van der Waals surface area contributed by atoms with Crippen LogP contribution in [0.25, 0.3) is 0 Å². The van der Waals surface area contributed by atoms with E-state index in [9.17, 15) is 4.79 Å². The molecular formula is C20H26N2O4. The highest BCUT2D eigenvalue weighted by Gasteiger charge is 2.25. The van der Waals surface area contributed by atoms with Crippen LogP contribution in [0.3, 0.4) is 0 Å². The second-order valence-corrected chi connectivity index (χ2v) is 6.53. The van der Waals surface area contributed by atoms with Gasteiger partial charge >= 0.3 is 0 Å². The number of nitrogens with zero attached hydrogens (tertiary/aromatic N) is 1. The summed E-state index contributed by atoms with van der Waals surface area (Å²) >= 11 is 0. The fourth-order valence-electron chi connectivity index (χ4n) is 3.36. The molecule has 140 valence electrons. The van der Waals surface area contributed by atoms with E-state index in [1.165, 1.54) is 11.8 Å². The molecule has 0 saturated carbocycles. The second-order valence-electron chi connectivity index (χ2n) is 6.53. The summed E-state index contributed by atoms with van der Waals surface area (Å²) in [5.41, 5.74) is 2.21. The molecule has 1 saturated heterocycles. The lowest BCUT2D eigenvalue weighted by Gasteiger charge is -2.33. The van der Waals surface area contributed by atoms with Crippen molar-refractivity contribution >= 4 is 5.91 Å². The van der Waals surface area contributed by atoms with E-state index in [1.807, 2.05) is 11.0 Å². The molecule has 6 nitrogen and oxygen atoms in total. The molecule has 6 heteroatoms. The van der Waals surface area contributed by atoms with Crippen molar-refractivity contribution in [1.82, 2.24) is 10.2 Å². The predicted molar refractivity (Wildman–Crippen MR) is 98.2 cm³/mol. The number of rotatable bonds is 7. The molecule has 2 heterocycles. The van der Waals surface area contributed by atoms with Gasteiger partial charge in [0.15, 0.2) is 5.76 Å². The first kappa shape index (κ1) is 18.5. The monoisotopic (exact) mass is 358 g/mol. The number of amides is 1. The van der Waals surface area contributed by atoms with Crippen molar-refractivity contribution in [1.29, 1.82) is 0 Å². The van der Waals surface area contributed by atoms with E-state index in [4.69, 9.17) is 13.9 Å². The Morgan fingerprint density at radius 2 is 2.23 bits per heavy atom. The molecule has 1 aliphatic heterocycles. The van der Waals surface area contributed by atoms with Gasteiger partial charge in [-0.1, -0.05) is 6.07 Å². The highest BCUT2D eigenvalue weighted by molar-refractivity contribution is 5.91. The van der Waals surface area contributed by atoms with Crippen LogP contribution in [0.2, 0.25) is 0 Å². The smallest absolute Gasteiger partial charge is 0.289 e. The molecule has 0 spiro atoms. The minimum atomic E-state index is -0.0340. The van der Waals surface area contributed by atoms with Gasteiger partial charge in [0.05, 0.1) is 20.0 Å². The quantitative estimate of drug-likeness (QED) is 0.825. The molecule has 3 rings (SSSR count). The van der Waals surface area contributed by atoms with E-state index in [2.05, 4.69) is 17.4 Å². The summed E-state index contributed by atoms with van der Waals surface area (Å²) in [5.74, 6) is 1.21. The number of carbonyl (C=O) groups excluding carboxylic acids is 1. The van der Waals surface area contributed by atoms with Crippen LogP contribution in [0.15, 0.2) is 41.0 Å². The Bertz CT molecular complexity index is 715. The Balaban J connectivity index is 1.57. The van der Waals surface area contributed by atoms with Crippen molar-refractivity contribution in [3.63, 3.8) is 0 Å². The van der Waals surface area contributed by atoms with Crippen LogP contribution in [0.5, 0.6) is 5.75 Å². The number of furan rings is 1. The van der Waals surface area contributed by atoms with E-state index in [0.29, 0.717) is 18.9 Å². The van der Waals surface area contributed by atoms with Gasteiger partial charge in [0.2, 0.25) is 0 Å². The maximum Gasteiger partial charge on any atom is 0.289 e. The zero-order valence-electron chi connectivity index (χ0n) is 15.4. The average molecular weight is 358 g/mol. The molecular weight excluding hydrogens is 332 g/mol. The number of nitrogens with one attached hydrogen (secondary N) is 1. The van der Waals surface area contributed by atoms with Gasteiger partial charge in [0.25, 0.3) is 5.91 Å². The fraction of sp³-hybridized carbons (Fsp3) is 0.450. The van der Waals surface area contributed by atoms with Crippen molar-refractivity contribution in [2.75, 3.05) is 27.3 Å². The van der Waals surface area contributed by atoms with Crippen LogP contribution >= 0.6 is 0 Å². The maximum atomic E-state index is 12.4. The number of hydrogen-bond donors (Lipinski definition) is 1. The molecule has 1 N–H and O–H groups in total. The van der Waals surface area contributed by atoms with Crippen LogP contribution in [-0.4, -0.2) is 44.2 Å².